The van der Waals surface area contributed by atoms with E-state index in [1.165, 1.54) is 9.21 Å². The minimum absolute atomic E-state index is 0.0114. The zero-order chi connectivity index (χ0) is 19.5. The number of nitrogens with zero attached hydrogens (tertiary/aromatic N) is 2. The molecule has 0 aliphatic carbocycles. The van der Waals surface area contributed by atoms with Crippen molar-refractivity contribution in [3.63, 3.8) is 0 Å². The van der Waals surface area contributed by atoms with Gasteiger partial charge in [0.25, 0.3) is 0 Å². The molecular formula is C19H30N2O4S. The molecule has 1 aromatic carbocycles. The Kier molecular flexibility index (Phi) is 6.34. The van der Waals surface area contributed by atoms with E-state index in [9.17, 15) is 13.2 Å². The van der Waals surface area contributed by atoms with Crippen LogP contribution in [0, 0.1) is 6.92 Å². The van der Waals surface area contributed by atoms with Crippen molar-refractivity contribution in [2.24, 2.45) is 0 Å². The van der Waals surface area contributed by atoms with Gasteiger partial charge >= 0.3 is 6.09 Å². The first-order valence-electron chi connectivity index (χ1n) is 8.98. The third kappa shape index (κ3) is 5.45. The van der Waals surface area contributed by atoms with Gasteiger partial charge in [0, 0.05) is 26.2 Å². The number of hydrogen-bond acceptors (Lipinski definition) is 4. The summed E-state index contributed by atoms with van der Waals surface area (Å²) in [5.74, 6) is -0.0114. The molecule has 2 rings (SSSR count). The fraction of sp³-hybridized carbons (Fsp3) is 0.632. The van der Waals surface area contributed by atoms with Gasteiger partial charge < -0.3 is 9.64 Å². The van der Waals surface area contributed by atoms with Gasteiger partial charge in [-0.3, -0.25) is 0 Å². The van der Waals surface area contributed by atoms with Gasteiger partial charge in [0.2, 0.25) is 10.0 Å². The summed E-state index contributed by atoms with van der Waals surface area (Å²) in [5, 5.41) is 0. The maximum absolute atomic E-state index is 12.9. The van der Waals surface area contributed by atoms with Crippen LogP contribution in [0.2, 0.25) is 0 Å². The lowest BCUT2D eigenvalue weighted by Gasteiger charge is -2.37. The first-order valence-corrected chi connectivity index (χ1v) is 10.6. The monoisotopic (exact) mass is 382 g/mol. The number of piperidine rings is 1. The van der Waals surface area contributed by atoms with Crippen molar-refractivity contribution in [3.8, 4) is 0 Å². The van der Waals surface area contributed by atoms with Crippen LogP contribution in [0.5, 0.6) is 0 Å². The molecule has 0 saturated carbocycles. The molecule has 26 heavy (non-hydrogen) atoms. The summed E-state index contributed by atoms with van der Waals surface area (Å²) >= 11 is 0. The van der Waals surface area contributed by atoms with Crippen molar-refractivity contribution < 1.29 is 17.9 Å². The number of hydrogen-bond donors (Lipinski definition) is 0. The summed E-state index contributed by atoms with van der Waals surface area (Å²) in [6, 6.07) is 7.34. The SMILES string of the molecule is Cc1ccccc1CS(=O)(=O)N1CCCC(N(C)C(=O)OC(C)(C)C)C1. The highest BCUT2D eigenvalue weighted by Crippen LogP contribution is 2.22. The van der Waals surface area contributed by atoms with Crippen LogP contribution >= 0.6 is 0 Å². The molecule has 0 N–H and O–H groups in total. The molecule has 1 aliphatic heterocycles. The van der Waals surface area contributed by atoms with Crippen molar-refractivity contribution in [3.05, 3.63) is 35.4 Å². The quantitative estimate of drug-likeness (QED) is 0.802. The number of likely N-dealkylation sites (N-methyl/N-ethyl adjacent to an activating group) is 1. The molecule has 1 unspecified atom stereocenters. The molecule has 1 aliphatic rings. The largest absolute Gasteiger partial charge is 0.444 e. The predicted molar refractivity (Wildman–Crippen MR) is 102 cm³/mol. The summed E-state index contributed by atoms with van der Waals surface area (Å²) in [6.45, 7) is 8.17. The molecule has 1 fully saturated rings. The highest BCUT2D eigenvalue weighted by Gasteiger charge is 2.33. The molecular weight excluding hydrogens is 352 g/mol. The van der Waals surface area contributed by atoms with Crippen LogP contribution < -0.4 is 0 Å². The number of aryl methyl sites for hydroxylation is 1. The Morgan fingerprint density at radius 2 is 1.96 bits per heavy atom. The Labute approximate surface area is 157 Å². The summed E-state index contributed by atoms with van der Waals surface area (Å²) in [5.41, 5.74) is 1.21. The highest BCUT2D eigenvalue weighted by atomic mass is 32.2. The zero-order valence-corrected chi connectivity index (χ0v) is 17.2. The average molecular weight is 383 g/mol. The first-order chi connectivity index (χ1) is 12.0. The van der Waals surface area contributed by atoms with Crippen LogP contribution in [0.4, 0.5) is 4.79 Å². The second-order valence-corrected chi connectivity index (χ2v) is 9.90. The topological polar surface area (TPSA) is 66.9 Å². The fourth-order valence-electron chi connectivity index (χ4n) is 3.03. The molecule has 0 radical (unpaired) electrons. The summed E-state index contributed by atoms with van der Waals surface area (Å²) in [7, 11) is -1.75. The molecule has 0 spiro atoms. The minimum Gasteiger partial charge on any atom is -0.444 e. The molecule has 0 aromatic heterocycles. The first kappa shape index (κ1) is 20.7. The smallest absolute Gasteiger partial charge is 0.410 e. The zero-order valence-electron chi connectivity index (χ0n) is 16.4. The van der Waals surface area contributed by atoms with Crippen molar-refractivity contribution in [1.29, 1.82) is 0 Å². The van der Waals surface area contributed by atoms with Gasteiger partial charge in [-0.1, -0.05) is 24.3 Å². The van der Waals surface area contributed by atoms with Gasteiger partial charge in [-0.05, 0) is 51.7 Å². The lowest BCUT2D eigenvalue weighted by molar-refractivity contribution is 0.0173. The number of amides is 1. The van der Waals surface area contributed by atoms with Crippen LogP contribution in [-0.4, -0.2) is 55.5 Å². The maximum Gasteiger partial charge on any atom is 0.410 e. The van der Waals surface area contributed by atoms with Crippen molar-refractivity contribution in [2.75, 3.05) is 20.1 Å². The Morgan fingerprint density at radius 1 is 1.31 bits per heavy atom. The lowest BCUT2D eigenvalue weighted by atomic mass is 10.1. The molecule has 1 heterocycles. The van der Waals surface area contributed by atoms with E-state index in [0.29, 0.717) is 13.1 Å². The number of rotatable bonds is 4. The summed E-state index contributed by atoms with van der Waals surface area (Å²) in [4.78, 5) is 13.8. The Bertz CT molecular complexity index is 740. The van der Waals surface area contributed by atoms with Crippen LogP contribution in [0.3, 0.4) is 0 Å². The summed E-state index contributed by atoms with van der Waals surface area (Å²) in [6.07, 6.45) is 1.08. The second kappa shape index (κ2) is 7.96. The number of carbonyl (C=O) groups is 1. The van der Waals surface area contributed by atoms with E-state index in [0.717, 1.165) is 24.0 Å². The fourth-order valence-corrected chi connectivity index (χ4v) is 4.74. The van der Waals surface area contributed by atoms with Gasteiger partial charge in [-0.15, -0.1) is 0 Å². The molecule has 0 bridgehead atoms. The van der Waals surface area contributed by atoms with Crippen LogP contribution in [0.15, 0.2) is 24.3 Å². The van der Waals surface area contributed by atoms with Crippen molar-refractivity contribution in [1.82, 2.24) is 9.21 Å². The number of carbonyl (C=O) groups excluding carboxylic acids is 1. The van der Waals surface area contributed by atoms with E-state index in [2.05, 4.69) is 0 Å². The highest BCUT2D eigenvalue weighted by molar-refractivity contribution is 7.88. The second-order valence-electron chi connectivity index (χ2n) is 7.93. The van der Waals surface area contributed by atoms with Crippen LogP contribution in [0.25, 0.3) is 0 Å². The predicted octanol–water partition coefficient (Wildman–Crippen LogP) is 3.16. The molecule has 1 amide bonds. The van der Waals surface area contributed by atoms with Crippen LogP contribution in [0.1, 0.15) is 44.7 Å². The van der Waals surface area contributed by atoms with E-state index < -0.39 is 21.7 Å². The minimum atomic E-state index is -3.43. The Hall–Kier alpha value is -1.60. The van der Waals surface area contributed by atoms with E-state index in [1.54, 1.807) is 7.05 Å². The average Bonchev–Trinajstić information content (AvgIpc) is 2.54. The van der Waals surface area contributed by atoms with E-state index >= 15 is 0 Å². The Balaban J connectivity index is 2.07. The standard InChI is InChI=1S/C19H30N2O4S/c1-15-9-6-7-10-16(15)14-26(23,24)21-12-8-11-17(13-21)20(5)18(22)25-19(2,3)4/h6-7,9-10,17H,8,11-14H2,1-5H3. The third-order valence-electron chi connectivity index (χ3n) is 4.58. The molecule has 146 valence electrons. The maximum atomic E-state index is 12.9. The van der Waals surface area contributed by atoms with Gasteiger partial charge in [-0.25, -0.2) is 13.2 Å². The van der Waals surface area contributed by atoms with E-state index in [-0.39, 0.29) is 11.8 Å². The lowest BCUT2D eigenvalue weighted by Crippen LogP contribution is -2.51. The van der Waals surface area contributed by atoms with Gasteiger partial charge in [0.15, 0.2) is 0 Å². The van der Waals surface area contributed by atoms with Gasteiger partial charge in [0.05, 0.1) is 5.75 Å². The Morgan fingerprint density at radius 3 is 2.58 bits per heavy atom. The van der Waals surface area contributed by atoms with Gasteiger partial charge in [0.1, 0.15) is 5.60 Å². The van der Waals surface area contributed by atoms with E-state index in [1.807, 2.05) is 52.0 Å². The van der Waals surface area contributed by atoms with E-state index in [4.69, 9.17) is 4.74 Å². The van der Waals surface area contributed by atoms with Crippen LogP contribution in [-0.2, 0) is 20.5 Å². The van der Waals surface area contributed by atoms with Crippen molar-refractivity contribution in [2.45, 2.75) is 57.9 Å². The molecule has 1 atom stereocenters. The number of benzene rings is 1. The van der Waals surface area contributed by atoms with Crippen molar-refractivity contribution >= 4 is 16.1 Å². The van der Waals surface area contributed by atoms with Gasteiger partial charge in [-0.2, -0.15) is 4.31 Å². The molecule has 1 saturated heterocycles. The molecule has 1 aromatic rings. The third-order valence-corrected chi connectivity index (χ3v) is 6.38. The number of ether oxygens (including phenoxy) is 1. The number of sulfonamides is 1. The normalized spacial score (nSPS) is 19.2. The molecule has 6 nitrogen and oxygen atoms in total. The summed E-state index contributed by atoms with van der Waals surface area (Å²) < 4.78 is 32.6. The molecule has 7 heteroatoms.